The molecule has 0 N–H and O–H groups in total. The smallest absolute Gasteiger partial charge is 0.0482 e. The van der Waals surface area contributed by atoms with Crippen LogP contribution in [0.4, 0.5) is 0 Å². The van der Waals surface area contributed by atoms with E-state index in [0.717, 1.165) is 11.1 Å². The molecule has 0 aliphatic carbocycles. The average Bonchev–Trinajstić information content (AvgIpc) is 2.05. The lowest BCUT2D eigenvalue weighted by atomic mass is 10.2. The molecule has 1 rings (SSSR count). The van der Waals surface area contributed by atoms with Crippen LogP contribution in [0.2, 0.25) is 0 Å². The summed E-state index contributed by atoms with van der Waals surface area (Å²) in [7, 11) is -0.758. The molecule has 0 aromatic heterocycles. The van der Waals surface area contributed by atoms with E-state index in [1.807, 2.05) is 24.3 Å². The van der Waals surface area contributed by atoms with E-state index in [9.17, 15) is 4.21 Å². The molecule has 0 heterocycles. The number of rotatable bonds is 3. The highest BCUT2D eigenvalue weighted by atomic mass is 35.5. The van der Waals surface area contributed by atoms with Gasteiger partial charge in [-0.2, -0.15) is 0 Å². The van der Waals surface area contributed by atoms with Crippen molar-refractivity contribution in [1.29, 1.82) is 0 Å². The van der Waals surface area contributed by atoms with E-state index in [4.69, 9.17) is 11.6 Å². The number of hydrogen-bond donors (Lipinski definition) is 0. The Morgan fingerprint density at radius 2 is 1.75 bits per heavy atom. The van der Waals surface area contributed by atoms with Crippen LogP contribution in [-0.2, 0) is 22.4 Å². The lowest BCUT2D eigenvalue weighted by Crippen LogP contribution is -1.91. The van der Waals surface area contributed by atoms with Crippen molar-refractivity contribution in [2.24, 2.45) is 0 Å². The Bertz CT molecular complexity index is 268. The number of halogens is 1. The first-order valence-corrected chi connectivity index (χ1v) is 5.92. The van der Waals surface area contributed by atoms with E-state index in [1.165, 1.54) is 0 Å². The van der Waals surface area contributed by atoms with Crippen molar-refractivity contribution >= 4 is 22.4 Å². The Morgan fingerprint density at radius 1 is 1.25 bits per heavy atom. The predicted molar refractivity (Wildman–Crippen MR) is 53.8 cm³/mol. The van der Waals surface area contributed by atoms with Crippen LogP contribution in [0.1, 0.15) is 11.1 Å². The van der Waals surface area contributed by atoms with Crippen LogP contribution in [0, 0.1) is 0 Å². The maximum absolute atomic E-state index is 10.9. The zero-order chi connectivity index (χ0) is 8.97. The van der Waals surface area contributed by atoms with Gasteiger partial charge < -0.3 is 0 Å². The van der Waals surface area contributed by atoms with E-state index in [1.54, 1.807) is 6.26 Å². The minimum atomic E-state index is -0.758. The molecule has 12 heavy (non-hydrogen) atoms. The van der Waals surface area contributed by atoms with Gasteiger partial charge in [0.2, 0.25) is 0 Å². The van der Waals surface area contributed by atoms with Crippen molar-refractivity contribution in [3.8, 4) is 0 Å². The maximum Gasteiger partial charge on any atom is 0.0482 e. The number of benzene rings is 1. The van der Waals surface area contributed by atoms with Crippen LogP contribution < -0.4 is 0 Å². The van der Waals surface area contributed by atoms with Crippen LogP contribution in [0.15, 0.2) is 24.3 Å². The standard InChI is InChI=1S/C9H11ClOS/c1-12(11)7-9-4-2-8(6-10)3-5-9/h2-5H,6-7H2,1H3. The molecule has 0 radical (unpaired) electrons. The fourth-order valence-corrected chi connectivity index (χ4v) is 1.80. The van der Waals surface area contributed by atoms with Crippen LogP contribution in [0.5, 0.6) is 0 Å². The third kappa shape index (κ3) is 2.95. The van der Waals surface area contributed by atoms with Crippen LogP contribution in [0.25, 0.3) is 0 Å². The van der Waals surface area contributed by atoms with E-state index in [2.05, 4.69) is 0 Å². The van der Waals surface area contributed by atoms with Crippen molar-refractivity contribution in [3.63, 3.8) is 0 Å². The summed E-state index contributed by atoms with van der Waals surface area (Å²) in [4.78, 5) is 0. The highest BCUT2D eigenvalue weighted by Gasteiger charge is 1.95. The van der Waals surface area contributed by atoms with Crippen molar-refractivity contribution in [3.05, 3.63) is 35.4 Å². The Morgan fingerprint density at radius 3 is 2.17 bits per heavy atom. The second-order valence-electron chi connectivity index (χ2n) is 2.67. The number of alkyl halides is 1. The molecule has 0 fully saturated rings. The predicted octanol–water partition coefficient (Wildman–Crippen LogP) is 2.30. The summed E-state index contributed by atoms with van der Waals surface area (Å²) in [5.41, 5.74) is 2.20. The summed E-state index contributed by atoms with van der Waals surface area (Å²) in [5, 5.41) is 0. The van der Waals surface area contributed by atoms with Gasteiger partial charge in [-0.25, -0.2) is 0 Å². The Labute approximate surface area is 80.2 Å². The van der Waals surface area contributed by atoms with Gasteiger partial charge in [-0.15, -0.1) is 11.6 Å². The minimum Gasteiger partial charge on any atom is -0.260 e. The Balaban J connectivity index is 2.71. The van der Waals surface area contributed by atoms with Gasteiger partial charge in [0.25, 0.3) is 0 Å². The van der Waals surface area contributed by atoms with Gasteiger partial charge in [0, 0.05) is 28.7 Å². The lowest BCUT2D eigenvalue weighted by Gasteiger charge is -1.99. The van der Waals surface area contributed by atoms with Gasteiger partial charge in [-0.1, -0.05) is 24.3 Å². The summed E-state index contributed by atoms with van der Waals surface area (Å²) in [5.74, 6) is 1.16. The third-order valence-corrected chi connectivity index (χ3v) is 2.60. The number of hydrogen-bond acceptors (Lipinski definition) is 1. The molecular weight excluding hydrogens is 192 g/mol. The largest absolute Gasteiger partial charge is 0.260 e. The van der Waals surface area contributed by atoms with Crippen LogP contribution in [0.3, 0.4) is 0 Å². The van der Waals surface area contributed by atoms with Gasteiger partial charge in [-0.3, -0.25) is 4.21 Å². The molecule has 0 saturated carbocycles. The summed E-state index contributed by atoms with van der Waals surface area (Å²) in [6.45, 7) is 0. The summed E-state index contributed by atoms with van der Waals surface area (Å²) in [6, 6.07) is 7.88. The second kappa shape index (κ2) is 4.63. The Kier molecular flexibility index (Phi) is 3.76. The monoisotopic (exact) mass is 202 g/mol. The first-order valence-electron chi connectivity index (χ1n) is 3.66. The molecule has 0 amide bonds. The molecule has 3 heteroatoms. The summed E-state index contributed by atoms with van der Waals surface area (Å²) >= 11 is 5.62. The molecule has 1 atom stereocenters. The molecule has 0 bridgehead atoms. The quantitative estimate of drug-likeness (QED) is 0.688. The summed E-state index contributed by atoms with van der Waals surface area (Å²) < 4.78 is 10.9. The van der Waals surface area contributed by atoms with E-state index in [-0.39, 0.29) is 0 Å². The zero-order valence-corrected chi connectivity index (χ0v) is 8.49. The molecule has 1 aromatic rings. The normalized spacial score (nSPS) is 12.8. The average molecular weight is 203 g/mol. The Hall–Kier alpha value is -0.340. The van der Waals surface area contributed by atoms with Gasteiger partial charge in [-0.05, 0) is 11.1 Å². The minimum absolute atomic E-state index is 0.537. The second-order valence-corrected chi connectivity index (χ2v) is 4.37. The van der Waals surface area contributed by atoms with Crippen LogP contribution in [-0.4, -0.2) is 10.5 Å². The van der Waals surface area contributed by atoms with Gasteiger partial charge >= 0.3 is 0 Å². The first kappa shape index (κ1) is 9.75. The van der Waals surface area contributed by atoms with Gasteiger partial charge in [0.05, 0.1) is 0 Å². The van der Waals surface area contributed by atoms with Crippen LogP contribution >= 0.6 is 11.6 Å². The van der Waals surface area contributed by atoms with Gasteiger partial charge in [0.1, 0.15) is 0 Å². The molecule has 1 aromatic carbocycles. The SMILES string of the molecule is CS(=O)Cc1ccc(CCl)cc1. The zero-order valence-electron chi connectivity index (χ0n) is 6.92. The maximum atomic E-state index is 10.9. The lowest BCUT2D eigenvalue weighted by molar-refractivity contribution is 0.686. The van der Waals surface area contributed by atoms with Gasteiger partial charge in [0.15, 0.2) is 0 Å². The van der Waals surface area contributed by atoms with Crippen molar-refractivity contribution in [1.82, 2.24) is 0 Å². The molecule has 1 nitrogen and oxygen atoms in total. The first-order chi connectivity index (χ1) is 5.72. The summed E-state index contributed by atoms with van der Waals surface area (Å²) in [6.07, 6.45) is 1.70. The van der Waals surface area contributed by atoms with E-state index >= 15 is 0 Å². The van der Waals surface area contributed by atoms with E-state index in [0.29, 0.717) is 11.6 Å². The highest BCUT2D eigenvalue weighted by Crippen LogP contribution is 2.07. The van der Waals surface area contributed by atoms with Crippen molar-refractivity contribution in [2.45, 2.75) is 11.6 Å². The molecule has 0 aliphatic rings. The third-order valence-electron chi connectivity index (χ3n) is 1.55. The molecular formula is C9H11ClOS. The van der Waals surface area contributed by atoms with Crippen molar-refractivity contribution in [2.75, 3.05) is 6.26 Å². The highest BCUT2D eigenvalue weighted by molar-refractivity contribution is 7.83. The fourth-order valence-electron chi connectivity index (χ4n) is 0.959. The topological polar surface area (TPSA) is 17.1 Å². The fraction of sp³-hybridized carbons (Fsp3) is 0.333. The molecule has 1 unspecified atom stereocenters. The molecule has 0 aliphatic heterocycles. The van der Waals surface area contributed by atoms with E-state index < -0.39 is 10.8 Å². The molecule has 0 saturated heterocycles. The molecule has 66 valence electrons. The van der Waals surface area contributed by atoms with Crippen molar-refractivity contribution < 1.29 is 4.21 Å². The molecule has 0 spiro atoms.